The van der Waals surface area contributed by atoms with Gasteiger partial charge < -0.3 is 10.1 Å². The predicted octanol–water partition coefficient (Wildman–Crippen LogP) is 4.82. The van der Waals surface area contributed by atoms with E-state index in [1.54, 1.807) is 24.3 Å². The summed E-state index contributed by atoms with van der Waals surface area (Å²) in [6, 6.07) is 12.0. The Balaban J connectivity index is 1.83. The van der Waals surface area contributed by atoms with Gasteiger partial charge in [-0.2, -0.15) is 0 Å². The number of pyridine rings is 1. The Bertz CT molecular complexity index is 1060. The van der Waals surface area contributed by atoms with E-state index in [1.807, 2.05) is 19.9 Å². The lowest BCUT2D eigenvalue weighted by atomic mass is 10.0. The number of fused-ring (bicyclic) bond motifs is 1. The largest absolute Gasteiger partial charge is 0.449 e. The standard InChI is InChI=1S/C22H20F2N2O3/c1-12(2)19-11-15(14-7-4-5-10-18(14)25-19)22(28)29-13(3)21(27)26-20-16(23)8-6-9-17(20)24/h4-13H,1-3H3,(H,26,27). The van der Waals surface area contributed by atoms with Crippen LogP contribution < -0.4 is 5.32 Å². The monoisotopic (exact) mass is 398 g/mol. The molecule has 1 unspecified atom stereocenters. The summed E-state index contributed by atoms with van der Waals surface area (Å²) in [6.45, 7) is 5.23. The maximum atomic E-state index is 13.7. The predicted molar refractivity (Wildman–Crippen MR) is 106 cm³/mol. The summed E-state index contributed by atoms with van der Waals surface area (Å²) >= 11 is 0. The average molecular weight is 398 g/mol. The fourth-order valence-corrected chi connectivity index (χ4v) is 2.78. The van der Waals surface area contributed by atoms with Crippen molar-refractivity contribution in [2.24, 2.45) is 0 Å². The third-order valence-corrected chi connectivity index (χ3v) is 4.41. The van der Waals surface area contributed by atoms with Crippen molar-refractivity contribution in [2.45, 2.75) is 32.8 Å². The van der Waals surface area contributed by atoms with Gasteiger partial charge in [0.05, 0.1) is 11.1 Å². The number of nitrogens with zero attached hydrogens (tertiary/aromatic N) is 1. The van der Waals surface area contributed by atoms with E-state index in [-0.39, 0.29) is 11.5 Å². The first-order valence-electron chi connectivity index (χ1n) is 9.13. The number of esters is 1. The van der Waals surface area contributed by atoms with Gasteiger partial charge in [-0.1, -0.05) is 38.1 Å². The molecule has 3 rings (SSSR count). The van der Waals surface area contributed by atoms with Crippen LogP contribution in [0.3, 0.4) is 0 Å². The molecule has 0 aliphatic heterocycles. The van der Waals surface area contributed by atoms with Crippen molar-refractivity contribution in [3.8, 4) is 0 Å². The minimum atomic E-state index is -1.27. The average Bonchev–Trinajstić information content (AvgIpc) is 2.69. The summed E-state index contributed by atoms with van der Waals surface area (Å²) in [4.78, 5) is 29.6. The Hall–Kier alpha value is -3.35. The van der Waals surface area contributed by atoms with Gasteiger partial charge in [-0.15, -0.1) is 0 Å². The van der Waals surface area contributed by atoms with Crippen LogP contribution in [0.5, 0.6) is 0 Å². The lowest BCUT2D eigenvalue weighted by molar-refractivity contribution is -0.123. The smallest absolute Gasteiger partial charge is 0.339 e. The first-order valence-corrected chi connectivity index (χ1v) is 9.13. The Morgan fingerprint density at radius 3 is 2.31 bits per heavy atom. The summed E-state index contributed by atoms with van der Waals surface area (Å²) in [5.74, 6) is -3.32. The second-order valence-corrected chi connectivity index (χ2v) is 6.90. The van der Waals surface area contributed by atoms with Crippen molar-refractivity contribution in [3.63, 3.8) is 0 Å². The van der Waals surface area contributed by atoms with Crippen molar-refractivity contribution in [1.82, 2.24) is 4.98 Å². The van der Waals surface area contributed by atoms with Gasteiger partial charge in [0.2, 0.25) is 0 Å². The van der Waals surface area contributed by atoms with E-state index in [0.29, 0.717) is 16.6 Å². The minimum absolute atomic E-state index is 0.0795. The first-order chi connectivity index (χ1) is 13.8. The second kappa shape index (κ2) is 8.34. The highest BCUT2D eigenvalue weighted by molar-refractivity contribution is 6.05. The van der Waals surface area contributed by atoms with Crippen LogP contribution >= 0.6 is 0 Å². The molecule has 1 N–H and O–H groups in total. The topological polar surface area (TPSA) is 68.3 Å². The Morgan fingerprint density at radius 2 is 1.66 bits per heavy atom. The van der Waals surface area contributed by atoms with Crippen LogP contribution in [-0.2, 0) is 9.53 Å². The van der Waals surface area contributed by atoms with Crippen LogP contribution in [0.4, 0.5) is 14.5 Å². The number of amides is 1. The van der Waals surface area contributed by atoms with Crippen LogP contribution in [0, 0.1) is 11.6 Å². The molecular formula is C22H20F2N2O3. The molecule has 0 saturated heterocycles. The number of benzene rings is 2. The molecule has 7 heteroatoms. The first kappa shape index (κ1) is 20.4. The van der Waals surface area contributed by atoms with Crippen LogP contribution in [0.15, 0.2) is 48.5 Å². The maximum Gasteiger partial charge on any atom is 0.339 e. The van der Waals surface area contributed by atoms with Gasteiger partial charge in [-0.25, -0.2) is 13.6 Å². The molecule has 150 valence electrons. The lowest BCUT2D eigenvalue weighted by Crippen LogP contribution is -2.30. The number of aromatic nitrogens is 1. The third kappa shape index (κ3) is 4.39. The number of halogens is 2. The van der Waals surface area contributed by atoms with E-state index in [2.05, 4.69) is 10.3 Å². The van der Waals surface area contributed by atoms with Crippen molar-refractivity contribution >= 4 is 28.5 Å². The molecule has 2 aromatic carbocycles. The van der Waals surface area contributed by atoms with Crippen molar-refractivity contribution in [2.75, 3.05) is 5.32 Å². The van der Waals surface area contributed by atoms with Crippen molar-refractivity contribution in [1.29, 1.82) is 0 Å². The van der Waals surface area contributed by atoms with E-state index in [4.69, 9.17) is 4.74 Å². The lowest BCUT2D eigenvalue weighted by Gasteiger charge is -2.16. The highest BCUT2D eigenvalue weighted by Crippen LogP contribution is 2.24. The summed E-state index contributed by atoms with van der Waals surface area (Å²) in [5.41, 5.74) is 1.03. The zero-order valence-electron chi connectivity index (χ0n) is 16.2. The zero-order chi connectivity index (χ0) is 21.1. The zero-order valence-corrected chi connectivity index (χ0v) is 16.2. The van der Waals surface area contributed by atoms with E-state index < -0.39 is 35.3 Å². The number of anilines is 1. The maximum absolute atomic E-state index is 13.7. The quantitative estimate of drug-likeness (QED) is 0.626. The summed E-state index contributed by atoms with van der Waals surface area (Å²) in [7, 11) is 0. The van der Waals surface area contributed by atoms with Gasteiger partial charge in [-0.3, -0.25) is 9.78 Å². The van der Waals surface area contributed by atoms with E-state index >= 15 is 0 Å². The highest BCUT2D eigenvalue weighted by atomic mass is 19.1. The van der Waals surface area contributed by atoms with Crippen molar-refractivity contribution in [3.05, 3.63) is 71.4 Å². The fourth-order valence-electron chi connectivity index (χ4n) is 2.78. The summed E-state index contributed by atoms with van der Waals surface area (Å²) in [6.07, 6.45) is -1.27. The molecule has 1 atom stereocenters. The van der Waals surface area contributed by atoms with Crippen LogP contribution in [-0.4, -0.2) is 23.0 Å². The molecule has 1 heterocycles. The Morgan fingerprint density at radius 1 is 1.00 bits per heavy atom. The van der Waals surface area contributed by atoms with Gasteiger partial charge in [0.1, 0.15) is 17.3 Å². The van der Waals surface area contributed by atoms with E-state index in [1.165, 1.54) is 13.0 Å². The molecule has 3 aromatic rings. The summed E-state index contributed by atoms with van der Waals surface area (Å²) < 4.78 is 32.7. The molecule has 0 fully saturated rings. The Kier molecular flexibility index (Phi) is 5.87. The molecular weight excluding hydrogens is 378 g/mol. The highest BCUT2D eigenvalue weighted by Gasteiger charge is 2.23. The SMILES string of the molecule is CC(OC(=O)c1cc(C(C)C)nc2ccccc12)C(=O)Nc1c(F)cccc1F. The molecule has 1 aromatic heterocycles. The van der Waals surface area contributed by atoms with Gasteiger partial charge in [0.15, 0.2) is 6.10 Å². The van der Waals surface area contributed by atoms with E-state index in [0.717, 1.165) is 12.1 Å². The molecule has 0 bridgehead atoms. The van der Waals surface area contributed by atoms with Crippen LogP contribution in [0.25, 0.3) is 10.9 Å². The molecule has 0 saturated carbocycles. The van der Waals surface area contributed by atoms with Gasteiger partial charge in [0.25, 0.3) is 5.91 Å². The van der Waals surface area contributed by atoms with Gasteiger partial charge in [0, 0.05) is 11.1 Å². The summed E-state index contributed by atoms with van der Waals surface area (Å²) in [5, 5.41) is 2.72. The third-order valence-electron chi connectivity index (χ3n) is 4.41. The van der Waals surface area contributed by atoms with Gasteiger partial charge >= 0.3 is 5.97 Å². The number of carbonyl (C=O) groups excluding carboxylic acids is 2. The number of para-hydroxylation sites is 2. The number of rotatable bonds is 5. The van der Waals surface area contributed by atoms with E-state index in [9.17, 15) is 18.4 Å². The number of nitrogens with one attached hydrogen (secondary N) is 1. The minimum Gasteiger partial charge on any atom is -0.449 e. The molecule has 29 heavy (non-hydrogen) atoms. The normalized spacial score (nSPS) is 12.1. The molecule has 0 radical (unpaired) electrons. The molecule has 0 spiro atoms. The molecule has 1 amide bonds. The fraction of sp³-hybridized carbons (Fsp3) is 0.227. The number of ether oxygens (including phenoxy) is 1. The van der Waals surface area contributed by atoms with Crippen LogP contribution in [0.2, 0.25) is 0 Å². The number of hydrogen-bond donors (Lipinski definition) is 1. The number of carbonyl (C=O) groups is 2. The van der Waals surface area contributed by atoms with Gasteiger partial charge in [-0.05, 0) is 37.1 Å². The second-order valence-electron chi connectivity index (χ2n) is 6.90. The van der Waals surface area contributed by atoms with Crippen LogP contribution in [0.1, 0.15) is 42.7 Å². The Labute approximate surface area is 166 Å². The molecule has 0 aliphatic rings. The van der Waals surface area contributed by atoms with Crippen molar-refractivity contribution < 1.29 is 23.1 Å². The molecule has 5 nitrogen and oxygen atoms in total. The molecule has 0 aliphatic carbocycles. The number of hydrogen-bond acceptors (Lipinski definition) is 4.